The second-order valence-corrected chi connectivity index (χ2v) is 8.05. The van der Waals surface area contributed by atoms with Crippen LogP contribution in [0.4, 0.5) is 5.82 Å². The Hall–Kier alpha value is -4.52. The van der Waals surface area contributed by atoms with Crippen LogP contribution in [-0.4, -0.2) is 45.4 Å². The number of nitrogens with zero attached hydrogens (tertiary/aromatic N) is 5. The van der Waals surface area contributed by atoms with Crippen LogP contribution in [0.5, 0.6) is 11.5 Å². The van der Waals surface area contributed by atoms with E-state index in [0.29, 0.717) is 34.2 Å². The molecule has 0 spiro atoms. The van der Waals surface area contributed by atoms with Gasteiger partial charge in [0.1, 0.15) is 0 Å². The van der Waals surface area contributed by atoms with Gasteiger partial charge in [-0.25, -0.2) is 4.63 Å². The molecule has 1 amide bonds. The van der Waals surface area contributed by atoms with E-state index in [1.807, 2.05) is 30.3 Å². The summed E-state index contributed by atoms with van der Waals surface area (Å²) in [5.41, 5.74) is 12.9. The topological polar surface area (TPSA) is 155 Å². The Morgan fingerprint density at radius 2 is 1.89 bits per heavy atom. The van der Waals surface area contributed by atoms with E-state index in [1.165, 1.54) is 23.6 Å². The van der Waals surface area contributed by atoms with Gasteiger partial charge in [0.05, 0.1) is 25.6 Å². The van der Waals surface area contributed by atoms with Gasteiger partial charge in [0.15, 0.2) is 17.2 Å². The average Bonchev–Trinajstić information content (AvgIpc) is 3.51. The number of aromatic nitrogens is 5. The maximum atomic E-state index is 13.0. The second-order valence-electron chi connectivity index (χ2n) is 7.00. The van der Waals surface area contributed by atoms with Gasteiger partial charge in [-0.2, -0.15) is 4.68 Å². The number of thioether (sulfide) groups is 1. The summed E-state index contributed by atoms with van der Waals surface area (Å²) in [6, 6.07) is 14.9. The minimum atomic E-state index is -0.531. The number of carbonyl (C=O) groups is 1. The van der Waals surface area contributed by atoms with Crippen molar-refractivity contribution in [2.75, 3.05) is 20.0 Å². The summed E-state index contributed by atoms with van der Waals surface area (Å²) in [6.45, 7) is 3.96. The molecule has 13 heteroatoms. The smallest absolute Gasteiger partial charge is 0.292 e. The van der Waals surface area contributed by atoms with E-state index < -0.39 is 5.91 Å². The maximum absolute atomic E-state index is 13.0. The molecule has 0 aliphatic rings. The summed E-state index contributed by atoms with van der Waals surface area (Å²) in [6.07, 6.45) is 0. The molecule has 35 heavy (non-hydrogen) atoms. The molecule has 2 aromatic heterocycles. The third-order valence-electron chi connectivity index (χ3n) is 4.85. The van der Waals surface area contributed by atoms with Gasteiger partial charge in [0.2, 0.25) is 11.6 Å². The standard InChI is InChI=1S/C22H22N8O4S/c1-13(14-9-10-17(32-2)18(11-14)33-3)24-26-22(31)19-16(12-35-15-7-5-4-6-8-15)30(29-25-19)21-20(23)27-34-28-21/h4-11,24H,1,12H2,2-3H3,(H2,23,27)(H,26,31). The number of rotatable bonds is 10. The van der Waals surface area contributed by atoms with Gasteiger partial charge in [0, 0.05) is 16.2 Å². The molecule has 0 saturated heterocycles. The van der Waals surface area contributed by atoms with E-state index in [4.69, 9.17) is 15.2 Å². The van der Waals surface area contributed by atoms with Crippen molar-refractivity contribution < 1.29 is 18.9 Å². The first-order valence-corrected chi connectivity index (χ1v) is 11.2. The zero-order valence-corrected chi connectivity index (χ0v) is 19.7. The summed E-state index contributed by atoms with van der Waals surface area (Å²) in [4.78, 5) is 14.0. The molecule has 0 radical (unpaired) electrons. The lowest BCUT2D eigenvalue weighted by atomic mass is 10.1. The lowest BCUT2D eigenvalue weighted by Gasteiger charge is -2.13. The number of hydrogen-bond donors (Lipinski definition) is 3. The number of amides is 1. The minimum absolute atomic E-state index is 0.0211. The second kappa shape index (κ2) is 10.6. The van der Waals surface area contributed by atoms with Crippen molar-refractivity contribution in [1.29, 1.82) is 0 Å². The Morgan fingerprint density at radius 3 is 2.57 bits per heavy atom. The van der Waals surface area contributed by atoms with Crippen LogP contribution in [0.3, 0.4) is 0 Å². The number of carbonyl (C=O) groups excluding carboxylic acids is 1. The number of hydrazine groups is 1. The fourth-order valence-electron chi connectivity index (χ4n) is 3.07. The van der Waals surface area contributed by atoms with Crippen LogP contribution >= 0.6 is 11.8 Å². The fraction of sp³-hybridized carbons (Fsp3) is 0.136. The van der Waals surface area contributed by atoms with Crippen molar-refractivity contribution in [3.8, 4) is 17.3 Å². The molecule has 0 bridgehead atoms. The molecule has 2 heterocycles. The average molecular weight is 495 g/mol. The quantitative estimate of drug-likeness (QED) is 0.220. The van der Waals surface area contributed by atoms with E-state index in [1.54, 1.807) is 25.3 Å². The van der Waals surface area contributed by atoms with Gasteiger partial charge in [-0.05, 0) is 40.6 Å². The SMILES string of the molecule is C=C(NNC(=O)c1nnn(-c2nonc2N)c1CSc1ccccc1)c1ccc(OC)c(OC)c1. The van der Waals surface area contributed by atoms with E-state index in [2.05, 4.69) is 42.7 Å². The summed E-state index contributed by atoms with van der Waals surface area (Å²) >= 11 is 1.49. The van der Waals surface area contributed by atoms with Crippen molar-refractivity contribution in [2.45, 2.75) is 10.6 Å². The van der Waals surface area contributed by atoms with Crippen LogP contribution in [0.15, 0.2) is 64.6 Å². The lowest BCUT2D eigenvalue weighted by Crippen LogP contribution is -2.36. The lowest BCUT2D eigenvalue weighted by molar-refractivity contribution is 0.0936. The van der Waals surface area contributed by atoms with Crippen LogP contribution in [0, 0.1) is 0 Å². The predicted molar refractivity (Wildman–Crippen MR) is 129 cm³/mol. The van der Waals surface area contributed by atoms with E-state index in [9.17, 15) is 4.79 Å². The van der Waals surface area contributed by atoms with Gasteiger partial charge in [-0.15, -0.1) is 16.9 Å². The predicted octanol–water partition coefficient (Wildman–Crippen LogP) is 2.45. The first-order chi connectivity index (χ1) is 17.0. The monoisotopic (exact) mass is 494 g/mol. The maximum Gasteiger partial charge on any atom is 0.292 e. The van der Waals surface area contributed by atoms with Gasteiger partial charge < -0.3 is 15.2 Å². The number of nitrogen functional groups attached to an aromatic ring is 1. The molecule has 0 aliphatic heterocycles. The van der Waals surface area contributed by atoms with Crippen LogP contribution < -0.4 is 26.1 Å². The van der Waals surface area contributed by atoms with Crippen molar-refractivity contribution >= 4 is 29.2 Å². The van der Waals surface area contributed by atoms with Gasteiger partial charge >= 0.3 is 0 Å². The van der Waals surface area contributed by atoms with Crippen molar-refractivity contribution in [1.82, 2.24) is 36.2 Å². The highest BCUT2D eigenvalue weighted by Crippen LogP contribution is 2.29. The highest BCUT2D eigenvalue weighted by molar-refractivity contribution is 7.98. The normalized spacial score (nSPS) is 10.6. The van der Waals surface area contributed by atoms with Crippen molar-refractivity contribution in [3.63, 3.8) is 0 Å². The number of hydrogen-bond acceptors (Lipinski definition) is 11. The first-order valence-electron chi connectivity index (χ1n) is 10.2. The van der Waals surface area contributed by atoms with Crippen LogP contribution in [0.25, 0.3) is 11.5 Å². The number of benzene rings is 2. The molecule has 2 aromatic carbocycles. The third kappa shape index (κ3) is 5.19. The number of anilines is 1. The molecule has 4 rings (SSSR count). The zero-order chi connectivity index (χ0) is 24.8. The first kappa shape index (κ1) is 23.6. The highest BCUT2D eigenvalue weighted by atomic mass is 32.2. The Kier molecular flexibility index (Phi) is 7.16. The molecule has 4 aromatic rings. The van der Waals surface area contributed by atoms with E-state index in [0.717, 1.165) is 4.90 Å². The number of nitrogens with two attached hydrogens (primary N) is 1. The summed E-state index contributed by atoms with van der Waals surface area (Å²) in [7, 11) is 3.09. The molecular weight excluding hydrogens is 472 g/mol. The highest BCUT2D eigenvalue weighted by Gasteiger charge is 2.24. The Labute approximate surface area is 204 Å². The molecule has 0 unspecified atom stereocenters. The Balaban J connectivity index is 1.53. The molecule has 0 atom stereocenters. The van der Waals surface area contributed by atoms with Crippen molar-refractivity contribution in [3.05, 3.63) is 72.1 Å². The van der Waals surface area contributed by atoms with Crippen molar-refractivity contribution in [2.24, 2.45) is 0 Å². The van der Waals surface area contributed by atoms with E-state index in [-0.39, 0.29) is 17.3 Å². The minimum Gasteiger partial charge on any atom is -0.493 e. The molecule has 180 valence electrons. The van der Waals surface area contributed by atoms with Crippen LogP contribution in [-0.2, 0) is 5.75 Å². The summed E-state index contributed by atoms with van der Waals surface area (Å²) in [5.74, 6) is 1.09. The number of ether oxygens (including phenoxy) is 2. The van der Waals surface area contributed by atoms with Crippen LogP contribution in [0.2, 0.25) is 0 Å². The Bertz CT molecular complexity index is 1340. The van der Waals surface area contributed by atoms with Gasteiger partial charge in [0.25, 0.3) is 5.91 Å². The number of nitrogens with one attached hydrogen (secondary N) is 2. The molecule has 0 fully saturated rings. The van der Waals surface area contributed by atoms with Gasteiger partial charge in [-0.3, -0.25) is 15.6 Å². The number of methoxy groups -OCH3 is 2. The molecule has 4 N–H and O–H groups in total. The summed E-state index contributed by atoms with van der Waals surface area (Å²) < 4.78 is 16.6. The molecule has 12 nitrogen and oxygen atoms in total. The van der Waals surface area contributed by atoms with E-state index >= 15 is 0 Å². The molecule has 0 aliphatic carbocycles. The largest absolute Gasteiger partial charge is 0.493 e. The van der Waals surface area contributed by atoms with Crippen LogP contribution in [0.1, 0.15) is 21.7 Å². The zero-order valence-electron chi connectivity index (χ0n) is 18.9. The molecular formula is C22H22N8O4S. The summed E-state index contributed by atoms with van der Waals surface area (Å²) in [5, 5.41) is 15.4. The fourth-order valence-corrected chi connectivity index (χ4v) is 3.98. The molecule has 0 saturated carbocycles. The Morgan fingerprint density at radius 1 is 1.11 bits per heavy atom. The third-order valence-corrected chi connectivity index (χ3v) is 5.88. The van der Waals surface area contributed by atoms with Gasteiger partial charge in [-0.1, -0.05) is 30.0 Å².